The van der Waals surface area contributed by atoms with Gasteiger partial charge in [0, 0.05) is 13.0 Å². The summed E-state index contributed by atoms with van der Waals surface area (Å²) in [4.78, 5) is 15.5. The lowest BCUT2D eigenvalue weighted by Crippen LogP contribution is -2.36. The van der Waals surface area contributed by atoms with E-state index in [1.807, 2.05) is 42.5 Å². The Morgan fingerprint density at radius 3 is 2.18 bits per heavy atom. The molecule has 3 aromatic rings. The molecule has 1 saturated heterocycles. The van der Waals surface area contributed by atoms with Crippen LogP contribution < -0.4 is 14.8 Å². The second-order valence-corrected chi connectivity index (χ2v) is 8.93. The van der Waals surface area contributed by atoms with Crippen LogP contribution >= 0.6 is 0 Å². The highest BCUT2D eigenvalue weighted by atomic mass is 16.7. The van der Waals surface area contributed by atoms with E-state index in [9.17, 15) is 4.79 Å². The molecule has 0 radical (unpaired) electrons. The summed E-state index contributed by atoms with van der Waals surface area (Å²) in [6.45, 7) is 3.22. The Hall–Kier alpha value is -3.31. The van der Waals surface area contributed by atoms with E-state index >= 15 is 0 Å². The van der Waals surface area contributed by atoms with E-state index in [0.29, 0.717) is 19.1 Å². The first-order chi connectivity index (χ1) is 16.2. The molecular weight excluding hydrogens is 412 g/mol. The SMILES string of the molecule is O=C(CC1CCN(Cc2ccc3c(c2)OCO3)CC1)NC(c1ccccc1)c1ccccc1. The van der Waals surface area contributed by atoms with E-state index < -0.39 is 0 Å². The van der Waals surface area contributed by atoms with Gasteiger partial charge in [0.15, 0.2) is 11.5 Å². The molecule has 0 unspecified atom stereocenters. The van der Waals surface area contributed by atoms with Crippen LogP contribution in [-0.4, -0.2) is 30.7 Å². The van der Waals surface area contributed by atoms with Gasteiger partial charge in [-0.1, -0.05) is 66.7 Å². The van der Waals surface area contributed by atoms with Gasteiger partial charge in [0.05, 0.1) is 6.04 Å². The monoisotopic (exact) mass is 442 g/mol. The van der Waals surface area contributed by atoms with E-state index in [2.05, 4.69) is 46.6 Å². The Morgan fingerprint density at radius 2 is 1.52 bits per heavy atom. The summed E-state index contributed by atoms with van der Waals surface area (Å²) in [6, 6.07) is 26.5. The number of carbonyl (C=O) groups excluding carboxylic acids is 1. The van der Waals surface area contributed by atoms with Crippen molar-refractivity contribution >= 4 is 5.91 Å². The summed E-state index contributed by atoms with van der Waals surface area (Å²) < 4.78 is 10.9. The summed E-state index contributed by atoms with van der Waals surface area (Å²) in [7, 11) is 0. The van der Waals surface area contributed by atoms with Crippen LogP contribution in [0.15, 0.2) is 78.9 Å². The normalized spacial score (nSPS) is 16.2. The van der Waals surface area contributed by atoms with Crippen molar-refractivity contribution in [3.05, 3.63) is 95.6 Å². The first kappa shape index (κ1) is 21.5. The number of fused-ring (bicyclic) bond motifs is 1. The molecule has 2 heterocycles. The highest BCUT2D eigenvalue weighted by Gasteiger charge is 2.24. The molecule has 0 atom stereocenters. The number of likely N-dealkylation sites (tertiary alicyclic amines) is 1. The number of amides is 1. The lowest BCUT2D eigenvalue weighted by molar-refractivity contribution is -0.122. The third-order valence-electron chi connectivity index (χ3n) is 6.60. The number of carbonyl (C=O) groups is 1. The van der Waals surface area contributed by atoms with Crippen molar-refractivity contribution in [1.29, 1.82) is 0 Å². The first-order valence-electron chi connectivity index (χ1n) is 11.7. The summed E-state index contributed by atoms with van der Waals surface area (Å²) in [5.74, 6) is 2.21. The Bertz CT molecular complexity index is 1020. The predicted octanol–water partition coefficient (Wildman–Crippen LogP) is 4.92. The minimum absolute atomic E-state index is 0.119. The molecule has 5 rings (SSSR count). The number of ether oxygens (including phenoxy) is 2. The number of nitrogens with zero attached hydrogens (tertiary/aromatic N) is 1. The van der Waals surface area contributed by atoms with Crippen molar-refractivity contribution in [1.82, 2.24) is 10.2 Å². The lowest BCUT2D eigenvalue weighted by Gasteiger charge is -2.32. The molecule has 0 bridgehead atoms. The molecule has 1 fully saturated rings. The molecule has 2 aliphatic heterocycles. The zero-order chi connectivity index (χ0) is 22.5. The maximum absolute atomic E-state index is 13.0. The van der Waals surface area contributed by atoms with Crippen molar-refractivity contribution < 1.29 is 14.3 Å². The van der Waals surface area contributed by atoms with Gasteiger partial charge in [-0.25, -0.2) is 0 Å². The summed E-state index contributed by atoms with van der Waals surface area (Å²) >= 11 is 0. The average molecular weight is 443 g/mol. The number of nitrogens with one attached hydrogen (secondary N) is 1. The Kier molecular flexibility index (Phi) is 6.58. The molecule has 33 heavy (non-hydrogen) atoms. The number of hydrogen-bond acceptors (Lipinski definition) is 4. The van der Waals surface area contributed by atoms with Gasteiger partial charge in [-0.05, 0) is 60.7 Å². The summed E-state index contributed by atoms with van der Waals surface area (Å²) in [5.41, 5.74) is 3.45. The van der Waals surface area contributed by atoms with Crippen LogP contribution in [0.3, 0.4) is 0 Å². The second-order valence-electron chi connectivity index (χ2n) is 8.93. The van der Waals surface area contributed by atoms with Gasteiger partial charge in [-0.15, -0.1) is 0 Å². The minimum Gasteiger partial charge on any atom is -0.454 e. The van der Waals surface area contributed by atoms with E-state index in [-0.39, 0.29) is 11.9 Å². The molecule has 0 saturated carbocycles. The molecule has 1 N–H and O–H groups in total. The van der Waals surface area contributed by atoms with E-state index in [4.69, 9.17) is 9.47 Å². The van der Waals surface area contributed by atoms with Gasteiger partial charge in [-0.2, -0.15) is 0 Å². The molecule has 170 valence electrons. The van der Waals surface area contributed by atoms with Crippen LogP contribution in [-0.2, 0) is 11.3 Å². The maximum Gasteiger partial charge on any atom is 0.231 e. The molecular formula is C28H30N2O3. The first-order valence-corrected chi connectivity index (χ1v) is 11.7. The molecule has 2 aliphatic rings. The molecule has 5 nitrogen and oxygen atoms in total. The number of hydrogen-bond donors (Lipinski definition) is 1. The van der Waals surface area contributed by atoms with Crippen LogP contribution in [0.25, 0.3) is 0 Å². The largest absolute Gasteiger partial charge is 0.454 e. The highest BCUT2D eigenvalue weighted by molar-refractivity contribution is 5.77. The fourth-order valence-corrected chi connectivity index (χ4v) is 4.78. The van der Waals surface area contributed by atoms with Gasteiger partial charge in [0.1, 0.15) is 0 Å². The smallest absolute Gasteiger partial charge is 0.231 e. The third kappa shape index (κ3) is 5.37. The molecule has 3 aromatic carbocycles. The summed E-state index contributed by atoms with van der Waals surface area (Å²) in [6.07, 6.45) is 2.66. The molecule has 5 heteroatoms. The quantitative estimate of drug-likeness (QED) is 0.564. The number of piperidine rings is 1. The van der Waals surface area contributed by atoms with Crippen LogP contribution in [0.5, 0.6) is 11.5 Å². The lowest BCUT2D eigenvalue weighted by atomic mass is 9.92. The molecule has 0 aromatic heterocycles. The van der Waals surface area contributed by atoms with Crippen LogP contribution in [0.4, 0.5) is 0 Å². The van der Waals surface area contributed by atoms with Crippen molar-refractivity contribution in [3.63, 3.8) is 0 Å². The van der Waals surface area contributed by atoms with Crippen LogP contribution in [0.2, 0.25) is 0 Å². The standard InChI is InChI=1S/C28H30N2O3/c31-27(29-28(23-7-3-1-4-8-23)24-9-5-2-6-10-24)18-21-13-15-30(16-14-21)19-22-11-12-25-26(17-22)33-20-32-25/h1-12,17,21,28H,13-16,18-20H2,(H,29,31). The van der Waals surface area contributed by atoms with E-state index in [1.54, 1.807) is 0 Å². The fraction of sp³-hybridized carbons (Fsp3) is 0.321. The van der Waals surface area contributed by atoms with Crippen molar-refractivity contribution in [2.24, 2.45) is 5.92 Å². The van der Waals surface area contributed by atoms with Crippen LogP contribution in [0.1, 0.15) is 42.0 Å². The zero-order valence-electron chi connectivity index (χ0n) is 18.8. The Labute approximate surface area is 195 Å². The fourth-order valence-electron chi connectivity index (χ4n) is 4.78. The maximum atomic E-state index is 13.0. The van der Waals surface area contributed by atoms with E-state index in [0.717, 1.165) is 55.1 Å². The topological polar surface area (TPSA) is 50.8 Å². The van der Waals surface area contributed by atoms with Crippen molar-refractivity contribution in [2.75, 3.05) is 19.9 Å². The van der Waals surface area contributed by atoms with Gasteiger partial charge in [-0.3, -0.25) is 9.69 Å². The molecule has 1 amide bonds. The second kappa shape index (κ2) is 10.1. The van der Waals surface area contributed by atoms with Crippen molar-refractivity contribution in [2.45, 2.75) is 31.8 Å². The number of benzene rings is 3. The summed E-state index contributed by atoms with van der Waals surface area (Å²) in [5, 5.41) is 3.29. The molecule has 0 spiro atoms. The molecule has 0 aliphatic carbocycles. The van der Waals surface area contributed by atoms with Gasteiger partial charge < -0.3 is 14.8 Å². The average Bonchev–Trinajstić information content (AvgIpc) is 3.33. The number of rotatable bonds is 7. The van der Waals surface area contributed by atoms with Crippen molar-refractivity contribution in [3.8, 4) is 11.5 Å². The van der Waals surface area contributed by atoms with Crippen LogP contribution in [0, 0.1) is 5.92 Å². The highest BCUT2D eigenvalue weighted by Crippen LogP contribution is 2.33. The van der Waals surface area contributed by atoms with Gasteiger partial charge in [0.2, 0.25) is 12.7 Å². The Morgan fingerprint density at radius 1 is 0.879 bits per heavy atom. The Balaban J connectivity index is 1.14. The van der Waals surface area contributed by atoms with Gasteiger partial charge in [0.25, 0.3) is 0 Å². The third-order valence-corrected chi connectivity index (χ3v) is 6.60. The van der Waals surface area contributed by atoms with E-state index in [1.165, 1.54) is 5.56 Å². The predicted molar refractivity (Wildman–Crippen MR) is 128 cm³/mol. The zero-order valence-corrected chi connectivity index (χ0v) is 18.8. The minimum atomic E-state index is -0.119. The van der Waals surface area contributed by atoms with Gasteiger partial charge >= 0.3 is 0 Å².